The van der Waals surface area contributed by atoms with Crippen molar-refractivity contribution in [3.63, 3.8) is 0 Å². The molecule has 1 saturated heterocycles. The number of rotatable bonds is 1. The lowest BCUT2D eigenvalue weighted by molar-refractivity contribution is -0.159. The van der Waals surface area contributed by atoms with Crippen LogP contribution in [0.4, 0.5) is 0 Å². The molecule has 4 aliphatic rings. The molecule has 3 saturated carbocycles. The highest BCUT2D eigenvalue weighted by molar-refractivity contribution is 5.77. The molecule has 0 aromatic carbocycles. The van der Waals surface area contributed by atoms with Gasteiger partial charge in [-0.05, 0) is 85.9 Å². The molecular weight excluding hydrogens is 310 g/mol. The minimum atomic E-state index is -0.188. The summed E-state index contributed by atoms with van der Waals surface area (Å²) >= 11 is 0. The Morgan fingerprint density at radius 1 is 1.12 bits per heavy atom. The molecule has 3 nitrogen and oxygen atoms in total. The Kier molecular flexibility index (Phi) is 4.07. The zero-order valence-corrected chi connectivity index (χ0v) is 16.8. The molecule has 0 bridgehead atoms. The number of aliphatic hydroxyl groups excluding tert-OH is 1. The fourth-order valence-electron chi connectivity index (χ4n) is 8.58. The van der Waals surface area contributed by atoms with Gasteiger partial charge in [0.15, 0.2) is 0 Å². The Balaban J connectivity index is 1.65. The number of hydrogen-bond acceptors (Lipinski definition) is 2. The van der Waals surface area contributed by atoms with E-state index in [1.165, 1.54) is 32.1 Å². The number of carbonyl (C=O) groups is 1. The lowest BCUT2D eigenvalue weighted by Gasteiger charge is -2.62. The van der Waals surface area contributed by atoms with Crippen molar-refractivity contribution in [1.82, 2.24) is 4.90 Å². The van der Waals surface area contributed by atoms with Gasteiger partial charge in [-0.15, -0.1) is 0 Å². The third-order valence-electron chi connectivity index (χ3n) is 9.51. The number of amides is 1. The minimum absolute atomic E-state index is 0.188. The van der Waals surface area contributed by atoms with Crippen molar-refractivity contribution in [3.05, 3.63) is 0 Å². The number of hydrogen-bond donors (Lipinski definition) is 1. The van der Waals surface area contributed by atoms with E-state index in [9.17, 15) is 9.90 Å². The zero-order chi connectivity index (χ0) is 18.1. The van der Waals surface area contributed by atoms with Gasteiger partial charge < -0.3 is 10.0 Å². The van der Waals surface area contributed by atoms with Gasteiger partial charge in [0.05, 0.1) is 6.10 Å². The van der Waals surface area contributed by atoms with Crippen LogP contribution in [0.2, 0.25) is 0 Å². The molecule has 4 rings (SSSR count). The topological polar surface area (TPSA) is 40.5 Å². The Morgan fingerprint density at radius 3 is 2.52 bits per heavy atom. The van der Waals surface area contributed by atoms with E-state index < -0.39 is 0 Å². The maximum atomic E-state index is 12.2. The second kappa shape index (κ2) is 5.71. The van der Waals surface area contributed by atoms with Crippen molar-refractivity contribution in [2.24, 2.45) is 40.4 Å². The predicted octanol–water partition coefficient (Wildman–Crippen LogP) is 4.09. The van der Waals surface area contributed by atoms with Crippen LogP contribution in [0.25, 0.3) is 0 Å². The molecule has 1 amide bonds. The molecule has 9 atom stereocenters. The number of fused-ring (bicyclic) bond motifs is 5. The molecule has 142 valence electrons. The van der Waals surface area contributed by atoms with Crippen LogP contribution in [0.5, 0.6) is 0 Å². The maximum Gasteiger partial charge on any atom is 0.222 e. The van der Waals surface area contributed by atoms with Crippen LogP contribution in [-0.4, -0.2) is 35.1 Å². The fraction of sp³-hybridized carbons (Fsp3) is 0.955. The first-order chi connectivity index (χ1) is 11.7. The van der Waals surface area contributed by atoms with Crippen LogP contribution >= 0.6 is 0 Å². The first kappa shape index (κ1) is 17.8. The van der Waals surface area contributed by atoms with Gasteiger partial charge in [0.2, 0.25) is 5.91 Å². The number of piperidine rings is 1. The second-order valence-corrected chi connectivity index (χ2v) is 10.5. The van der Waals surface area contributed by atoms with Gasteiger partial charge in [-0.2, -0.15) is 0 Å². The number of aliphatic hydroxyl groups is 1. The molecule has 0 spiro atoms. The summed E-state index contributed by atoms with van der Waals surface area (Å²) in [5.41, 5.74) is 0.618. The summed E-state index contributed by atoms with van der Waals surface area (Å²) in [6.45, 7) is 9.36. The quantitative estimate of drug-likeness (QED) is 0.776. The van der Waals surface area contributed by atoms with E-state index in [0.717, 1.165) is 30.6 Å². The molecule has 0 radical (unpaired) electrons. The van der Waals surface area contributed by atoms with E-state index in [4.69, 9.17) is 0 Å². The van der Waals surface area contributed by atoms with Crippen LogP contribution in [0.3, 0.4) is 0 Å². The average Bonchev–Trinajstić information content (AvgIpc) is 2.81. The van der Waals surface area contributed by atoms with E-state index in [2.05, 4.69) is 25.7 Å². The van der Waals surface area contributed by atoms with Crippen molar-refractivity contribution < 1.29 is 9.90 Å². The monoisotopic (exact) mass is 347 g/mol. The predicted molar refractivity (Wildman–Crippen MR) is 99.9 cm³/mol. The highest BCUT2D eigenvalue weighted by atomic mass is 16.3. The van der Waals surface area contributed by atoms with Crippen LogP contribution in [0, 0.1) is 40.4 Å². The summed E-state index contributed by atoms with van der Waals surface area (Å²) in [6, 6.07) is 0.450. The van der Waals surface area contributed by atoms with E-state index in [-0.39, 0.29) is 6.10 Å². The summed E-state index contributed by atoms with van der Waals surface area (Å²) in [7, 11) is 2.04. The van der Waals surface area contributed by atoms with Crippen molar-refractivity contribution in [2.45, 2.75) is 84.8 Å². The lowest BCUT2D eigenvalue weighted by Crippen LogP contribution is -2.61. The van der Waals surface area contributed by atoms with Gasteiger partial charge in [-0.25, -0.2) is 0 Å². The van der Waals surface area contributed by atoms with Gasteiger partial charge >= 0.3 is 0 Å². The zero-order valence-electron chi connectivity index (χ0n) is 16.8. The van der Waals surface area contributed by atoms with Crippen molar-refractivity contribution in [2.75, 3.05) is 7.05 Å². The maximum absolute atomic E-state index is 12.2. The molecule has 0 aromatic rings. The van der Waals surface area contributed by atoms with Crippen LogP contribution in [0.1, 0.15) is 72.6 Å². The van der Waals surface area contributed by atoms with Gasteiger partial charge in [-0.1, -0.05) is 20.8 Å². The number of carbonyl (C=O) groups excluding carboxylic acids is 1. The van der Waals surface area contributed by atoms with E-state index >= 15 is 0 Å². The molecule has 4 fully saturated rings. The first-order valence-corrected chi connectivity index (χ1v) is 10.6. The summed E-state index contributed by atoms with van der Waals surface area (Å²) in [5, 5.41) is 10.5. The second-order valence-electron chi connectivity index (χ2n) is 10.5. The smallest absolute Gasteiger partial charge is 0.222 e. The van der Waals surface area contributed by atoms with Gasteiger partial charge in [0, 0.05) is 19.5 Å². The third kappa shape index (κ3) is 2.30. The summed E-state index contributed by atoms with van der Waals surface area (Å²) in [6.07, 6.45) is 7.95. The molecule has 3 aliphatic carbocycles. The molecular formula is C22H37NO2. The molecule has 1 aliphatic heterocycles. The van der Waals surface area contributed by atoms with E-state index in [1.807, 2.05) is 14.0 Å². The Bertz CT molecular complexity index is 560. The summed E-state index contributed by atoms with van der Waals surface area (Å²) < 4.78 is 0. The number of likely N-dealkylation sites (tertiary alicyclic amines) is 1. The Hall–Kier alpha value is -0.570. The Labute approximate surface area is 153 Å². The molecule has 1 N–H and O–H groups in total. The molecule has 3 heteroatoms. The number of nitrogens with zero attached hydrogens (tertiary/aromatic N) is 1. The summed E-state index contributed by atoms with van der Waals surface area (Å²) in [5.74, 6) is 3.77. The molecule has 8 unspecified atom stereocenters. The normalized spacial score (nSPS) is 53.8. The Morgan fingerprint density at radius 2 is 1.84 bits per heavy atom. The average molecular weight is 348 g/mol. The SMILES string of the molecule is CC(O)C1[C@@H](C)CC2C3CCC4N(C)C(=O)CCC4(C)C3CCC21C. The van der Waals surface area contributed by atoms with Crippen LogP contribution in [0.15, 0.2) is 0 Å². The van der Waals surface area contributed by atoms with Gasteiger partial charge in [0.25, 0.3) is 0 Å². The largest absolute Gasteiger partial charge is 0.393 e. The van der Waals surface area contributed by atoms with Crippen molar-refractivity contribution >= 4 is 5.91 Å². The fourth-order valence-corrected chi connectivity index (χ4v) is 8.58. The highest BCUT2D eigenvalue weighted by Gasteiger charge is 2.62. The summed E-state index contributed by atoms with van der Waals surface area (Å²) in [4.78, 5) is 14.3. The van der Waals surface area contributed by atoms with Crippen molar-refractivity contribution in [3.8, 4) is 0 Å². The molecule has 25 heavy (non-hydrogen) atoms. The highest BCUT2D eigenvalue weighted by Crippen LogP contribution is 2.67. The van der Waals surface area contributed by atoms with E-state index in [1.54, 1.807) is 0 Å². The lowest BCUT2D eigenvalue weighted by atomic mass is 9.46. The molecule has 1 heterocycles. The van der Waals surface area contributed by atoms with Crippen molar-refractivity contribution in [1.29, 1.82) is 0 Å². The van der Waals surface area contributed by atoms with Crippen LogP contribution in [-0.2, 0) is 4.79 Å². The minimum Gasteiger partial charge on any atom is -0.393 e. The molecule has 0 aromatic heterocycles. The van der Waals surface area contributed by atoms with Gasteiger partial charge in [-0.3, -0.25) is 4.79 Å². The third-order valence-corrected chi connectivity index (χ3v) is 9.51. The van der Waals surface area contributed by atoms with Gasteiger partial charge in [0.1, 0.15) is 0 Å². The van der Waals surface area contributed by atoms with Crippen LogP contribution < -0.4 is 0 Å². The first-order valence-electron chi connectivity index (χ1n) is 10.6. The van der Waals surface area contributed by atoms with E-state index in [0.29, 0.717) is 34.6 Å². The standard InChI is InChI=1S/C22H37NO2/c1-13-12-17-15-6-7-18-21(3,11-9-19(25)23(18)5)16(15)8-10-22(17,4)20(13)14(2)24/h13-18,20,24H,6-12H2,1-5H3/t13-,14?,15?,16?,17?,18?,20?,21?,22?/m0/s1.